The average Bonchev–Trinajstić information content (AvgIpc) is 2.59. The number of nitro groups is 1. The van der Waals surface area contributed by atoms with E-state index in [2.05, 4.69) is 5.10 Å². The molecule has 0 fully saturated rings. The molecule has 0 N–H and O–H groups in total. The first-order valence-corrected chi connectivity index (χ1v) is 6.35. The van der Waals surface area contributed by atoms with Gasteiger partial charge in [0.15, 0.2) is 0 Å². The molecule has 0 amide bonds. The van der Waals surface area contributed by atoms with Gasteiger partial charge < -0.3 is 0 Å². The summed E-state index contributed by atoms with van der Waals surface area (Å²) in [5.74, 6) is 0. The van der Waals surface area contributed by atoms with Gasteiger partial charge in [-0.3, -0.25) is 10.1 Å². The summed E-state index contributed by atoms with van der Waals surface area (Å²) in [5.41, 5.74) is 0.467. The zero-order valence-corrected chi connectivity index (χ0v) is 11.2. The van der Waals surface area contributed by atoms with Crippen LogP contribution in [0, 0.1) is 10.1 Å². The van der Waals surface area contributed by atoms with E-state index in [9.17, 15) is 10.1 Å². The predicted molar refractivity (Wildman–Crippen MR) is 67.5 cm³/mol. The van der Waals surface area contributed by atoms with Gasteiger partial charge >= 0.3 is 5.69 Å². The first-order chi connectivity index (χ1) is 8.06. The standard InChI is InChI=1S/C11H18ClN3O2/c1-4-7-9-10(15(16)17)11(12)14(13-9)8(5-2)6-3/h8H,4-7H2,1-3H3. The second-order valence-electron chi connectivity index (χ2n) is 4.01. The highest BCUT2D eigenvalue weighted by Gasteiger charge is 2.28. The Bertz CT molecular complexity index is 400. The van der Waals surface area contributed by atoms with Crippen LogP contribution in [0.3, 0.4) is 0 Å². The van der Waals surface area contributed by atoms with Gasteiger partial charge in [-0.2, -0.15) is 5.10 Å². The van der Waals surface area contributed by atoms with Crippen LogP contribution in [0.4, 0.5) is 5.69 Å². The van der Waals surface area contributed by atoms with Gasteiger partial charge in [-0.15, -0.1) is 0 Å². The first kappa shape index (κ1) is 14.0. The summed E-state index contributed by atoms with van der Waals surface area (Å²) in [6, 6.07) is 0.131. The van der Waals surface area contributed by atoms with Crippen LogP contribution in [0.1, 0.15) is 51.8 Å². The third kappa shape index (κ3) is 2.77. The molecule has 0 aliphatic rings. The number of hydrogen-bond acceptors (Lipinski definition) is 3. The van der Waals surface area contributed by atoms with Crippen LogP contribution >= 0.6 is 11.6 Å². The van der Waals surface area contributed by atoms with Gasteiger partial charge in [-0.1, -0.05) is 38.8 Å². The fourth-order valence-electron chi connectivity index (χ4n) is 1.91. The molecule has 1 aromatic heterocycles. The molecule has 0 aliphatic heterocycles. The molecule has 6 heteroatoms. The number of halogens is 1. The van der Waals surface area contributed by atoms with E-state index in [4.69, 9.17) is 11.6 Å². The average molecular weight is 260 g/mol. The van der Waals surface area contributed by atoms with Gasteiger partial charge in [-0.25, -0.2) is 4.68 Å². The third-order valence-corrected chi connectivity index (χ3v) is 3.21. The van der Waals surface area contributed by atoms with Gasteiger partial charge in [-0.05, 0) is 19.3 Å². The quantitative estimate of drug-likeness (QED) is 0.577. The molecule has 0 radical (unpaired) electrons. The minimum atomic E-state index is -0.431. The highest BCUT2D eigenvalue weighted by atomic mass is 35.5. The SMILES string of the molecule is CCCc1nn(C(CC)CC)c(Cl)c1[N+](=O)[O-]. The van der Waals surface area contributed by atoms with Crippen molar-refractivity contribution in [2.24, 2.45) is 0 Å². The molecule has 96 valence electrons. The number of hydrogen-bond donors (Lipinski definition) is 0. The summed E-state index contributed by atoms with van der Waals surface area (Å²) in [5, 5.41) is 15.5. The first-order valence-electron chi connectivity index (χ1n) is 5.97. The smallest absolute Gasteiger partial charge is 0.258 e. The molecule has 1 aromatic rings. The molecule has 0 atom stereocenters. The molecule has 17 heavy (non-hydrogen) atoms. The van der Waals surface area contributed by atoms with Crippen molar-refractivity contribution in [3.8, 4) is 0 Å². The summed E-state index contributed by atoms with van der Waals surface area (Å²) in [6.07, 6.45) is 3.13. The van der Waals surface area contributed by atoms with Crippen molar-refractivity contribution in [2.45, 2.75) is 52.5 Å². The van der Waals surface area contributed by atoms with Crippen molar-refractivity contribution in [3.05, 3.63) is 21.0 Å². The van der Waals surface area contributed by atoms with Crippen LogP contribution in [0.15, 0.2) is 0 Å². The fraction of sp³-hybridized carbons (Fsp3) is 0.727. The second-order valence-corrected chi connectivity index (χ2v) is 4.37. The largest absolute Gasteiger partial charge is 0.329 e. The van der Waals surface area contributed by atoms with Gasteiger partial charge in [0.25, 0.3) is 0 Å². The van der Waals surface area contributed by atoms with Gasteiger partial charge in [0.2, 0.25) is 5.15 Å². The maximum atomic E-state index is 11.0. The minimum absolute atomic E-state index is 0.0274. The highest BCUT2D eigenvalue weighted by Crippen LogP contribution is 2.33. The zero-order chi connectivity index (χ0) is 13.0. The Balaban J connectivity index is 3.25. The molecule has 0 unspecified atom stereocenters. The van der Waals surface area contributed by atoms with E-state index in [0.29, 0.717) is 12.1 Å². The van der Waals surface area contributed by atoms with Crippen LogP contribution in [-0.2, 0) is 6.42 Å². The van der Waals surface area contributed by atoms with Crippen molar-refractivity contribution in [1.29, 1.82) is 0 Å². The van der Waals surface area contributed by atoms with Crippen LogP contribution in [0.2, 0.25) is 5.15 Å². The Morgan fingerprint density at radius 2 is 2.00 bits per heavy atom. The minimum Gasteiger partial charge on any atom is -0.258 e. The van der Waals surface area contributed by atoms with E-state index in [1.54, 1.807) is 4.68 Å². The van der Waals surface area contributed by atoms with Crippen molar-refractivity contribution in [3.63, 3.8) is 0 Å². The maximum Gasteiger partial charge on any atom is 0.329 e. The van der Waals surface area contributed by atoms with Crippen molar-refractivity contribution >= 4 is 17.3 Å². The van der Waals surface area contributed by atoms with Crippen molar-refractivity contribution < 1.29 is 4.92 Å². The number of aryl methyl sites for hydroxylation is 1. The third-order valence-electron chi connectivity index (χ3n) is 2.86. The molecule has 1 heterocycles. The van der Waals surface area contributed by atoms with Crippen molar-refractivity contribution in [1.82, 2.24) is 9.78 Å². The summed E-state index contributed by atoms with van der Waals surface area (Å²) >= 11 is 6.07. The van der Waals surface area contributed by atoms with Crippen molar-refractivity contribution in [2.75, 3.05) is 0 Å². The lowest BCUT2D eigenvalue weighted by atomic mass is 10.2. The lowest BCUT2D eigenvalue weighted by molar-refractivity contribution is -0.385. The van der Waals surface area contributed by atoms with E-state index in [0.717, 1.165) is 19.3 Å². The van der Waals surface area contributed by atoms with Gasteiger partial charge in [0.05, 0.1) is 11.0 Å². The molecule has 0 aromatic carbocycles. The van der Waals surface area contributed by atoms with Gasteiger partial charge in [0.1, 0.15) is 5.69 Å². The van der Waals surface area contributed by atoms with E-state index in [1.165, 1.54) is 0 Å². The topological polar surface area (TPSA) is 61.0 Å². The van der Waals surface area contributed by atoms with Gasteiger partial charge in [0, 0.05) is 0 Å². The Hall–Kier alpha value is -1.10. The maximum absolute atomic E-state index is 11.0. The Morgan fingerprint density at radius 1 is 1.41 bits per heavy atom. The lowest BCUT2D eigenvalue weighted by Gasteiger charge is -2.13. The summed E-state index contributed by atoms with van der Waals surface area (Å²) in [6.45, 7) is 6.02. The van der Waals surface area contributed by atoms with Crippen LogP contribution < -0.4 is 0 Å². The van der Waals surface area contributed by atoms with E-state index >= 15 is 0 Å². The Labute approximate surface area is 106 Å². The molecule has 5 nitrogen and oxygen atoms in total. The van der Waals surface area contributed by atoms with Crippen LogP contribution in [0.25, 0.3) is 0 Å². The monoisotopic (exact) mass is 259 g/mol. The second kappa shape index (κ2) is 6.00. The van der Waals surface area contributed by atoms with Crippen LogP contribution in [-0.4, -0.2) is 14.7 Å². The molecular weight excluding hydrogens is 242 g/mol. The summed E-state index contributed by atoms with van der Waals surface area (Å²) in [4.78, 5) is 10.6. The molecule has 0 spiro atoms. The molecule has 0 saturated carbocycles. The molecular formula is C11H18ClN3O2. The lowest BCUT2D eigenvalue weighted by Crippen LogP contribution is -2.09. The molecule has 0 bridgehead atoms. The summed E-state index contributed by atoms with van der Waals surface area (Å²) in [7, 11) is 0. The van der Waals surface area contributed by atoms with Crippen LogP contribution in [0.5, 0.6) is 0 Å². The zero-order valence-electron chi connectivity index (χ0n) is 10.4. The Kier molecular flexibility index (Phi) is 4.93. The molecule has 1 rings (SSSR count). The number of rotatable bonds is 6. The highest BCUT2D eigenvalue weighted by molar-refractivity contribution is 6.31. The number of aromatic nitrogens is 2. The number of nitrogens with zero attached hydrogens (tertiary/aromatic N) is 3. The molecule has 0 saturated heterocycles. The fourth-order valence-corrected chi connectivity index (χ4v) is 2.27. The summed E-state index contributed by atoms with van der Waals surface area (Å²) < 4.78 is 1.60. The van der Waals surface area contributed by atoms with E-state index in [-0.39, 0.29) is 16.9 Å². The Morgan fingerprint density at radius 3 is 2.41 bits per heavy atom. The molecule has 0 aliphatic carbocycles. The van der Waals surface area contributed by atoms with E-state index < -0.39 is 4.92 Å². The normalized spacial score (nSPS) is 11.1. The predicted octanol–water partition coefficient (Wildman–Crippen LogP) is 3.76. The van der Waals surface area contributed by atoms with E-state index in [1.807, 2.05) is 20.8 Å².